The molecule has 164 valence electrons. The highest BCUT2D eigenvalue weighted by Gasteiger charge is 2.68. The fourth-order valence-corrected chi connectivity index (χ4v) is 5.89. The summed E-state index contributed by atoms with van der Waals surface area (Å²) in [6.07, 6.45) is 7.53. The fourth-order valence-electron chi connectivity index (χ4n) is 5.89. The van der Waals surface area contributed by atoms with Crippen LogP contribution in [0, 0.1) is 29.6 Å². The quantitative estimate of drug-likeness (QED) is 0.537. The Balaban J connectivity index is 1.62. The van der Waals surface area contributed by atoms with Crippen molar-refractivity contribution in [3.8, 4) is 18.1 Å². The topological polar surface area (TPSA) is 94.1 Å². The smallest absolute Gasteiger partial charge is 0.482 e. The lowest BCUT2D eigenvalue weighted by molar-refractivity contribution is -0.199. The summed E-state index contributed by atoms with van der Waals surface area (Å²) in [5, 5.41) is 12.3. The number of aromatic carboxylic acids is 1. The first kappa shape index (κ1) is 21.7. The van der Waals surface area contributed by atoms with Crippen molar-refractivity contribution in [1.82, 2.24) is 5.32 Å². The molecule has 1 heterocycles. The highest BCUT2D eigenvalue weighted by atomic mass is 16.7. The molecule has 1 aliphatic heterocycles. The van der Waals surface area contributed by atoms with Crippen LogP contribution in [0.25, 0.3) is 0 Å². The monoisotopic (exact) mass is 425 g/mol. The number of terminal acetylenes is 1. The number of methoxy groups -OCH3 is 1. The van der Waals surface area contributed by atoms with E-state index < -0.39 is 30.5 Å². The van der Waals surface area contributed by atoms with E-state index in [1.54, 1.807) is 12.1 Å². The van der Waals surface area contributed by atoms with Crippen LogP contribution in [0.2, 0.25) is 0 Å². The van der Waals surface area contributed by atoms with Gasteiger partial charge in [0.25, 0.3) is 5.91 Å². The van der Waals surface area contributed by atoms with E-state index in [4.69, 9.17) is 20.5 Å². The first-order valence-electron chi connectivity index (χ1n) is 10.6. The SMILES string of the molecule is C#CC(=O)N[C@@H](Cc1cccc(C(=O)O)c1OC)B1O[C@@H]2C[C@@H]3C[C@@H](C3(C)C)[C@]2(C)O1. The molecule has 1 aromatic rings. The van der Waals surface area contributed by atoms with E-state index in [0.717, 1.165) is 12.8 Å². The molecule has 3 saturated carbocycles. The Hall–Kier alpha value is -2.50. The predicted octanol–water partition coefficient (Wildman–Crippen LogP) is 2.32. The van der Waals surface area contributed by atoms with Crippen molar-refractivity contribution in [1.29, 1.82) is 0 Å². The first-order valence-corrected chi connectivity index (χ1v) is 10.6. The zero-order valence-corrected chi connectivity index (χ0v) is 18.3. The van der Waals surface area contributed by atoms with Crippen LogP contribution in [-0.2, 0) is 20.5 Å². The first-order chi connectivity index (χ1) is 14.6. The third-order valence-corrected chi connectivity index (χ3v) is 7.72. The normalized spacial score (nSPS) is 31.1. The molecule has 5 atom stereocenters. The van der Waals surface area contributed by atoms with E-state index in [-0.39, 0.29) is 29.3 Å². The van der Waals surface area contributed by atoms with Crippen molar-refractivity contribution < 1.29 is 28.7 Å². The maximum absolute atomic E-state index is 12.1. The number of ether oxygens (including phenoxy) is 1. The summed E-state index contributed by atoms with van der Waals surface area (Å²) in [7, 11) is 0.731. The molecule has 1 aromatic carbocycles. The van der Waals surface area contributed by atoms with E-state index in [1.807, 2.05) is 0 Å². The summed E-state index contributed by atoms with van der Waals surface area (Å²) in [6.45, 7) is 6.67. The summed E-state index contributed by atoms with van der Waals surface area (Å²) < 4.78 is 18.2. The van der Waals surface area contributed by atoms with Crippen molar-refractivity contribution >= 4 is 19.0 Å². The lowest BCUT2D eigenvalue weighted by Crippen LogP contribution is -2.65. The fraction of sp³-hybridized carbons (Fsp3) is 0.565. The van der Waals surface area contributed by atoms with Gasteiger partial charge in [0.1, 0.15) is 11.3 Å². The van der Waals surface area contributed by atoms with Crippen molar-refractivity contribution in [2.45, 2.75) is 57.7 Å². The Morgan fingerprint density at radius 2 is 2.13 bits per heavy atom. The zero-order valence-electron chi connectivity index (χ0n) is 18.3. The average molecular weight is 425 g/mol. The molecule has 31 heavy (non-hydrogen) atoms. The van der Waals surface area contributed by atoms with Gasteiger partial charge < -0.3 is 24.5 Å². The molecule has 0 radical (unpaired) electrons. The molecule has 1 saturated heterocycles. The summed E-state index contributed by atoms with van der Waals surface area (Å²) in [6, 6.07) is 4.90. The van der Waals surface area contributed by atoms with Gasteiger partial charge in [-0.25, -0.2) is 4.79 Å². The van der Waals surface area contributed by atoms with Gasteiger partial charge in [-0.15, -0.1) is 6.42 Å². The van der Waals surface area contributed by atoms with E-state index in [1.165, 1.54) is 13.2 Å². The van der Waals surface area contributed by atoms with Crippen LogP contribution in [0.4, 0.5) is 0 Å². The number of hydrogen-bond acceptors (Lipinski definition) is 5. The van der Waals surface area contributed by atoms with Crippen molar-refractivity contribution in [2.75, 3.05) is 7.11 Å². The molecular formula is C23H28BNO6. The molecule has 0 unspecified atom stereocenters. The predicted molar refractivity (Wildman–Crippen MR) is 115 cm³/mol. The van der Waals surface area contributed by atoms with Crippen LogP contribution in [0.1, 0.15) is 49.5 Å². The third-order valence-electron chi connectivity index (χ3n) is 7.72. The average Bonchev–Trinajstić information content (AvgIpc) is 3.09. The Morgan fingerprint density at radius 1 is 1.39 bits per heavy atom. The molecule has 7 nitrogen and oxygen atoms in total. The van der Waals surface area contributed by atoms with E-state index >= 15 is 0 Å². The van der Waals surface area contributed by atoms with E-state index in [2.05, 4.69) is 32.0 Å². The minimum atomic E-state index is -1.09. The number of hydrogen-bond donors (Lipinski definition) is 2. The second kappa shape index (κ2) is 7.58. The summed E-state index contributed by atoms with van der Waals surface area (Å²) >= 11 is 0. The van der Waals surface area contributed by atoms with Crippen molar-refractivity contribution in [2.24, 2.45) is 17.3 Å². The van der Waals surface area contributed by atoms with Crippen molar-refractivity contribution in [3.05, 3.63) is 29.3 Å². The second-order valence-corrected chi connectivity index (χ2v) is 9.57. The van der Waals surface area contributed by atoms with Gasteiger partial charge in [-0.1, -0.05) is 26.0 Å². The number of carboxylic acids is 1. The number of para-hydroxylation sites is 1. The molecule has 8 heteroatoms. The van der Waals surface area contributed by atoms with Gasteiger partial charge in [0.2, 0.25) is 0 Å². The van der Waals surface area contributed by atoms with Gasteiger partial charge >= 0.3 is 13.1 Å². The minimum Gasteiger partial charge on any atom is -0.496 e. The summed E-state index contributed by atoms with van der Waals surface area (Å²) in [5.41, 5.74) is 0.440. The minimum absolute atomic E-state index is 0.0493. The second-order valence-electron chi connectivity index (χ2n) is 9.57. The van der Waals surface area contributed by atoms with E-state index in [0.29, 0.717) is 17.4 Å². The molecular weight excluding hydrogens is 397 g/mol. The molecule has 0 aromatic heterocycles. The number of benzene rings is 1. The molecule has 4 aliphatic rings. The lowest BCUT2D eigenvalue weighted by atomic mass is 9.43. The van der Waals surface area contributed by atoms with Gasteiger partial charge in [-0.2, -0.15) is 0 Å². The van der Waals surface area contributed by atoms with Crippen LogP contribution >= 0.6 is 0 Å². The molecule has 2 N–H and O–H groups in total. The maximum Gasteiger partial charge on any atom is 0.482 e. The Kier molecular flexibility index (Phi) is 5.31. The number of nitrogens with one attached hydrogen (secondary N) is 1. The Morgan fingerprint density at radius 3 is 2.74 bits per heavy atom. The van der Waals surface area contributed by atoms with Gasteiger partial charge in [-0.3, -0.25) is 4.79 Å². The summed E-state index contributed by atoms with van der Waals surface area (Å²) in [4.78, 5) is 23.7. The Labute approximate surface area is 183 Å². The van der Waals surface area contributed by atoms with Crippen LogP contribution in [0.15, 0.2) is 18.2 Å². The molecule has 5 rings (SSSR count). The third kappa shape index (κ3) is 3.40. The van der Waals surface area contributed by atoms with Crippen molar-refractivity contribution in [3.63, 3.8) is 0 Å². The molecule has 4 fully saturated rings. The molecule has 3 aliphatic carbocycles. The van der Waals surface area contributed by atoms with Crippen LogP contribution in [-0.4, -0.2) is 48.9 Å². The number of carboxylic acid groups (broad SMARTS) is 1. The molecule has 0 spiro atoms. The zero-order chi connectivity index (χ0) is 22.6. The largest absolute Gasteiger partial charge is 0.496 e. The van der Waals surface area contributed by atoms with Crippen LogP contribution < -0.4 is 10.1 Å². The number of rotatable bonds is 6. The summed E-state index contributed by atoms with van der Waals surface area (Å²) in [5.74, 6) is 1.05. The van der Waals surface area contributed by atoms with Gasteiger partial charge in [0, 0.05) is 0 Å². The maximum atomic E-state index is 12.1. The van der Waals surface area contributed by atoms with Crippen LogP contribution in [0.3, 0.4) is 0 Å². The lowest BCUT2D eigenvalue weighted by Gasteiger charge is -2.64. The van der Waals surface area contributed by atoms with Gasteiger partial charge in [0.15, 0.2) is 0 Å². The number of carbonyl (C=O) groups is 2. The standard InChI is InChI=1S/C23H28BNO6/c1-6-19(26)25-18(10-13-8-7-9-15(21(27)28)20(13)29-5)24-30-17-12-14-11-16(22(14,2)3)23(17,4)31-24/h1,7-9,14,16-18H,10-12H2,2-5H3,(H,25,26)(H,27,28)/t14-,16-,17+,18-,23-/m0/s1. The Bertz CT molecular complexity index is 956. The van der Waals surface area contributed by atoms with Crippen LogP contribution in [0.5, 0.6) is 5.75 Å². The molecule has 2 bridgehead atoms. The highest BCUT2D eigenvalue weighted by molar-refractivity contribution is 6.48. The van der Waals surface area contributed by atoms with E-state index in [9.17, 15) is 14.7 Å². The highest BCUT2D eigenvalue weighted by Crippen LogP contribution is 2.65. The van der Waals surface area contributed by atoms with Gasteiger partial charge in [0.05, 0.1) is 24.8 Å². The number of amides is 1. The van der Waals surface area contributed by atoms with Gasteiger partial charge in [-0.05, 0) is 61.0 Å². The molecule has 1 amide bonds. The number of carbonyl (C=O) groups excluding carboxylic acids is 1.